The molecule has 104 valence electrons. The highest BCUT2D eigenvalue weighted by molar-refractivity contribution is 6.80. The van der Waals surface area contributed by atoms with Crippen molar-refractivity contribution in [2.45, 2.75) is 64.4 Å². The van der Waals surface area contributed by atoms with Gasteiger partial charge in [0, 0.05) is 6.04 Å². The van der Waals surface area contributed by atoms with Gasteiger partial charge in [0.15, 0.2) is 8.24 Å². The number of nitrogens with zero attached hydrogens (tertiary/aromatic N) is 1. The number of aliphatic hydroxyl groups is 1. The molecule has 1 aliphatic heterocycles. The Bertz CT molecular complexity index is 344. The molecule has 0 spiro atoms. The standard InChI is InChI=1S/C14H27NO2Si/c1-8-9-11-12(10(2)16)13(17)15(11)18(6,7)14(3,4)5/h8,10-12,16H,1,9H2,2-7H3. The van der Waals surface area contributed by atoms with Crippen molar-refractivity contribution in [2.24, 2.45) is 5.92 Å². The minimum Gasteiger partial charge on any atom is -0.393 e. The van der Waals surface area contributed by atoms with E-state index in [-0.39, 0.29) is 22.9 Å². The second kappa shape index (κ2) is 4.81. The molecule has 1 saturated heterocycles. The highest BCUT2D eigenvalue weighted by atomic mass is 28.3. The number of β-lactam (4-membered cyclic amide) rings is 1. The van der Waals surface area contributed by atoms with Gasteiger partial charge in [0.25, 0.3) is 0 Å². The summed E-state index contributed by atoms with van der Waals surface area (Å²) < 4.78 is 2.08. The zero-order valence-corrected chi connectivity index (χ0v) is 13.5. The van der Waals surface area contributed by atoms with E-state index < -0.39 is 14.3 Å². The van der Waals surface area contributed by atoms with E-state index in [0.29, 0.717) is 0 Å². The Hall–Kier alpha value is -0.613. The van der Waals surface area contributed by atoms with Gasteiger partial charge in [0.1, 0.15) is 0 Å². The minimum atomic E-state index is -1.85. The third kappa shape index (κ3) is 2.28. The molecular weight excluding hydrogens is 242 g/mol. The Morgan fingerprint density at radius 1 is 1.50 bits per heavy atom. The molecule has 4 heteroatoms. The summed E-state index contributed by atoms with van der Waals surface area (Å²) in [7, 11) is -1.85. The molecule has 1 N–H and O–H groups in total. The topological polar surface area (TPSA) is 40.5 Å². The normalized spacial score (nSPS) is 26.8. The van der Waals surface area contributed by atoms with Crippen LogP contribution in [0.5, 0.6) is 0 Å². The Morgan fingerprint density at radius 2 is 2.00 bits per heavy atom. The molecular formula is C14H27NO2Si. The number of carbonyl (C=O) groups excluding carboxylic acids is 1. The van der Waals surface area contributed by atoms with Crippen LogP contribution in [0, 0.1) is 5.92 Å². The second-order valence-corrected chi connectivity index (χ2v) is 12.0. The van der Waals surface area contributed by atoms with Gasteiger partial charge in [-0.1, -0.05) is 39.9 Å². The van der Waals surface area contributed by atoms with E-state index in [1.807, 2.05) is 6.08 Å². The summed E-state index contributed by atoms with van der Waals surface area (Å²) >= 11 is 0. The van der Waals surface area contributed by atoms with E-state index in [1.54, 1.807) is 6.92 Å². The van der Waals surface area contributed by atoms with Crippen LogP contribution in [0.1, 0.15) is 34.1 Å². The first-order chi connectivity index (χ1) is 8.05. The van der Waals surface area contributed by atoms with Crippen LogP contribution in [0.15, 0.2) is 12.7 Å². The van der Waals surface area contributed by atoms with Crippen LogP contribution >= 0.6 is 0 Å². The number of carbonyl (C=O) groups is 1. The summed E-state index contributed by atoms with van der Waals surface area (Å²) in [6.07, 6.45) is 2.06. The molecule has 0 aromatic heterocycles. The Morgan fingerprint density at radius 3 is 2.33 bits per heavy atom. The molecule has 0 radical (unpaired) electrons. The van der Waals surface area contributed by atoms with Crippen LogP contribution in [0.4, 0.5) is 0 Å². The van der Waals surface area contributed by atoms with Crippen LogP contribution in [0.2, 0.25) is 18.1 Å². The number of hydrogen-bond acceptors (Lipinski definition) is 2. The Balaban J connectivity index is 3.03. The van der Waals surface area contributed by atoms with E-state index >= 15 is 0 Å². The van der Waals surface area contributed by atoms with Crippen molar-refractivity contribution in [1.82, 2.24) is 4.57 Å². The molecule has 1 aliphatic rings. The summed E-state index contributed by atoms with van der Waals surface area (Å²) in [5.41, 5.74) is 0. The van der Waals surface area contributed by atoms with E-state index in [0.717, 1.165) is 6.42 Å². The van der Waals surface area contributed by atoms with Crippen molar-refractivity contribution in [3.8, 4) is 0 Å². The van der Waals surface area contributed by atoms with Gasteiger partial charge in [-0.15, -0.1) is 6.58 Å². The van der Waals surface area contributed by atoms with Gasteiger partial charge < -0.3 is 9.67 Å². The number of hydrogen-bond donors (Lipinski definition) is 1. The van der Waals surface area contributed by atoms with Crippen molar-refractivity contribution >= 4 is 14.1 Å². The fourth-order valence-electron chi connectivity index (χ4n) is 2.57. The summed E-state index contributed by atoms with van der Waals surface area (Å²) in [4.78, 5) is 12.3. The molecule has 3 unspecified atom stereocenters. The van der Waals surface area contributed by atoms with E-state index in [4.69, 9.17) is 0 Å². The molecule has 3 atom stereocenters. The van der Waals surface area contributed by atoms with E-state index in [2.05, 4.69) is 45.0 Å². The maximum Gasteiger partial charge on any atom is 0.222 e. The number of amides is 1. The van der Waals surface area contributed by atoms with Crippen molar-refractivity contribution in [3.63, 3.8) is 0 Å². The van der Waals surface area contributed by atoms with Crippen LogP contribution in [-0.4, -0.2) is 36.0 Å². The third-order valence-corrected chi connectivity index (χ3v) is 10.1. The fourth-order valence-corrected chi connectivity index (χ4v) is 5.09. The van der Waals surface area contributed by atoms with Crippen molar-refractivity contribution in [2.75, 3.05) is 0 Å². The van der Waals surface area contributed by atoms with Crippen LogP contribution < -0.4 is 0 Å². The van der Waals surface area contributed by atoms with Gasteiger partial charge >= 0.3 is 0 Å². The molecule has 1 heterocycles. The molecule has 0 aromatic rings. The lowest BCUT2D eigenvalue weighted by atomic mass is 9.84. The third-order valence-electron chi connectivity index (χ3n) is 4.63. The SMILES string of the molecule is C=CCC1C(C(C)O)C(=O)N1[Si](C)(C)C(C)(C)C. The highest BCUT2D eigenvalue weighted by Gasteiger charge is 2.57. The molecule has 0 saturated carbocycles. The zero-order chi connectivity index (χ0) is 14.3. The van der Waals surface area contributed by atoms with Gasteiger partial charge in [0.2, 0.25) is 5.91 Å². The lowest BCUT2D eigenvalue weighted by Crippen LogP contribution is -2.74. The smallest absolute Gasteiger partial charge is 0.222 e. The molecule has 1 amide bonds. The predicted molar refractivity (Wildman–Crippen MR) is 77.8 cm³/mol. The average Bonchev–Trinajstić information content (AvgIpc) is 2.13. The minimum absolute atomic E-state index is 0.128. The first-order valence-corrected chi connectivity index (χ1v) is 9.62. The summed E-state index contributed by atoms with van der Waals surface area (Å²) in [6, 6.07) is 0.135. The lowest BCUT2D eigenvalue weighted by molar-refractivity contribution is -0.154. The highest BCUT2D eigenvalue weighted by Crippen LogP contribution is 2.46. The molecule has 3 nitrogen and oxygen atoms in total. The van der Waals surface area contributed by atoms with Gasteiger partial charge in [-0.05, 0) is 18.4 Å². The summed E-state index contributed by atoms with van der Waals surface area (Å²) in [5.74, 6) is -0.111. The monoisotopic (exact) mass is 269 g/mol. The molecule has 0 aromatic carbocycles. The quantitative estimate of drug-likeness (QED) is 0.484. The summed E-state index contributed by atoms with van der Waals surface area (Å²) in [6.45, 7) is 16.6. The Labute approximate surface area is 112 Å². The van der Waals surface area contributed by atoms with Crippen LogP contribution in [0.25, 0.3) is 0 Å². The summed E-state index contributed by atoms with van der Waals surface area (Å²) in [5, 5.41) is 9.89. The van der Waals surface area contributed by atoms with E-state index in [1.165, 1.54) is 0 Å². The zero-order valence-electron chi connectivity index (χ0n) is 12.5. The lowest BCUT2D eigenvalue weighted by Gasteiger charge is -2.59. The maximum absolute atomic E-state index is 12.3. The Kier molecular flexibility index (Phi) is 4.13. The molecule has 0 aliphatic carbocycles. The van der Waals surface area contributed by atoms with Crippen LogP contribution in [0.3, 0.4) is 0 Å². The van der Waals surface area contributed by atoms with Gasteiger partial charge in [-0.25, -0.2) is 0 Å². The largest absolute Gasteiger partial charge is 0.393 e. The maximum atomic E-state index is 12.3. The number of aliphatic hydroxyl groups excluding tert-OH is 1. The second-order valence-electron chi connectivity index (χ2n) is 6.88. The fraction of sp³-hybridized carbons (Fsp3) is 0.786. The van der Waals surface area contributed by atoms with Crippen molar-refractivity contribution in [3.05, 3.63) is 12.7 Å². The van der Waals surface area contributed by atoms with E-state index in [9.17, 15) is 9.90 Å². The van der Waals surface area contributed by atoms with Crippen molar-refractivity contribution < 1.29 is 9.90 Å². The molecule has 18 heavy (non-hydrogen) atoms. The number of rotatable bonds is 4. The molecule has 1 rings (SSSR count). The van der Waals surface area contributed by atoms with Gasteiger partial charge in [0.05, 0.1) is 12.0 Å². The van der Waals surface area contributed by atoms with Gasteiger partial charge in [-0.3, -0.25) is 4.79 Å². The van der Waals surface area contributed by atoms with Gasteiger partial charge in [-0.2, -0.15) is 0 Å². The average molecular weight is 269 g/mol. The molecule has 1 fully saturated rings. The van der Waals surface area contributed by atoms with Crippen LogP contribution in [-0.2, 0) is 4.79 Å². The first-order valence-electron chi connectivity index (χ1n) is 6.68. The first kappa shape index (κ1) is 15.4. The predicted octanol–water partition coefficient (Wildman–Crippen LogP) is 2.78. The molecule has 0 bridgehead atoms. The van der Waals surface area contributed by atoms with Crippen molar-refractivity contribution in [1.29, 1.82) is 0 Å².